The van der Waals surface area contributed by atoms with Gasteiger partial charge in [-0.1, -0.05) is 54.6 Å². The topological polar surface area (TPSA) is 158 Å². The van der Waals surface area contributed by atoms with E-state index in [0.29, 0.717) is 6.20 Å². The molecule has 0 spiro atoms. The normalized spacial score (nSPS) is 21.4. The van der Waals surface area contributed by atoms with Gasteiger partial charge in [0, 0.05) is 6.42 Å². The SMILES string of the molecule is C=C[C@@H](O[P@@](=O)(N[C@@H](C)C(=O)OCc1ccccc1)Oc1ccccc1)[C@H]1O[C@@H](n2cc(F)c(=O)[nH]c2=O)C[C@@H]1O. The second-order valence-corrected chi connectivity index (χ2v) is 10.8. The number of ether oxygens (including phenoxy) is 2. The van der Waals surface area contributed by atoms with Crippen LogP contribution in [-0.4, -0.2) is 45.0 Å². The lowest BCUT2D eigenvalue weighted by Crippen LogP contribution is -2.40. The van der Waals surface area contributed by atoms with Gasteiger partial charge in [-0.25, -0.2) is 9.36 Å². The van der Waals surface area contributed by atoms with Gasteiger partial charge in [-0.15, -0.1) is 6.58 Å². The predicted octanol–water partition coefficient (Wildman–Crippen LogP) is 2.80. The van der Waals surface area contributed by atoms with E-state index in [1.165, 1.54) is 25.1 Å². The fourth-order valence-corrected chi connectivity index (χ4v) is 5.72. The first-order valence-corrected chi connectivity index (χ1v) is 14.1. The molecule has 41 heavy (non-hydrogen) atoms. The summed E-state index contributed by atoms with van der Waals surface area (Å²) >= 11 is 0. The molecular formula is C27H29FN3O9P. The van der Waals surface area contributed by atoms with E-state index < -0.39 is 61.4 Å². The van der Waals surface area contributed by atoms with Crippen LogP contribution in [0.1, 0.15) is 25.1 Å². The Bertz CT molecular complexity index is 1520. The molecule has 2 aromatic carbocycles. The summed E-state index contributed by atoms with van der Waals surface area (Å²) in [6.07, 6.45) is -3.34. The van der Waals surface area contributed by atoms with Crippen molar-refractivity contribution in [1.82, 2.24) is 14.6 Å². The van der Waals surface area contributed by atoms with Crippen molar-refractivity contribution in [2.75, 3.05) is 0 Å². The molecule has 4 rings (SSSR count). The number of benzene rings is 2. The summed E-state index contributed by atoms with van der Waals surface area (Å²) in [6.45, 7) is 5.06. The number of hydrogen-bond donors (Lipinski definition) is 3. The molecule has 0 bridgehead atoms. The summed E-state index contributed by atoms with van der Waals surface area (Å²) in [5, 5.41) is 13.3. The van der Waals surface area contributed by atoms with Crippen LogP contribution >= 0.6 is 7.75 Å². The average molecular weight is 590 g/mol. The number of esters is 1. The minimum Gasteiger partial charge on any atom is -0.460 e. The third-order valence-corrected chi connectivity index (χ3v) is 7.76. The van der Waals surface area contributed by atoms with Crippen molar-refractivity contribution in [3.05, 3.63) is 112 Å². The van der Waals surface area contributed by atoms with Crippen LogP contribution in [0.4, 0.5) is 4.39 Å². The van der Waals surface area contributed by atoms with Crippen LogP contribution in [0, 0.1) is 5.82 Å². The lowest BCUT2D eigenvalue weighted by molar-refractivity contribution is -0.146. The van der Waals surface area contributed by atoms with E-state index in [0.717, 1.165) is 10.1 Å². The monoisotopic (exact) mass is 589 g/mol. The van der Waals surface area contributed by atoms with Gasteiger partial charge in [0.15, 0.2) is 0 Å². The Hall–Kier alpha value is -3.87. The van der Waals surface area contributed by atoms with Gasteiger partial charge < -0.3 is 19.1 Å². The average Bonchev–Trinajstić information content (AvgIpc) is 3.34. The quantitative estimate of drug-likeness (QED) is 0.163. The number of nitrogens with one attached hydrogen (secondary N) is 2. The van der Waals surface area contributed by atoms with Crippen molar-refractivity contribution in [2.24, 2.45) is 0 Å². The number of aliphatic hydroxyl groups is 1. The van der Waals surface area contributed by atoms with E-state index in [4.69, 9.17) is 18.5 Å². The number of H-pyrrole nitrogens is 1. The first-order chi connectivity index (χ1) is 19.6. The van der Waals surface area contributed by atoms with Crippen molar-refractivity contribution >= 4 is 13.7 Å². The molecule has 1 fully saturated rings. The van der Waals surface area contributed by atoms with Gasteiger partial charge >= 0.3 is 19.4 Å². The smallest absolute Gasteiger partial charge is 0.460 e. The number of hydrogen-bond acceptors (Lipinski definition) is 9. The highest BCUT2D eigenvalue weighted by atomic mass is 31.2. The highest BCUT2D eigenvalue weighted by Gasteiger charge is 2.44. The molecule has 2 heterocycles. The summed E-state index contributed by atoms with van der Waals surface area (Å²) in [5.74, 6) is -1.81. The van der Waals surface area contributed by atoms with Gasteiger partial charge in [0.25, 0.3) is 5.56 Å². The van der Waals surface area contributed by atoms with Crippen LogP contribution in [-0.2, 0) is 30.0 Å². The number of halogens is 1. The number of nitrogens with zero attached hydrogens (tertiary/aromatic N) is 1. The van der Waals surface area contributed by atoms with Gasteiger partial charge in [-0.2, -0.15) is 9.48 Å². The number of para-hydroxylation sites is 1. The van der Waals surface area contributed by atoms with E-state index in [1.54, 1.807) is 42.5 Å². The Morgan fingerprint density at radius 3 is 2.56 bits per heavy atom. The first kappa shape index (κ1) is 30.1. The van der Waals surface area contributed by atoms with Crippen LogP contribution in [0.25, 0.3) is 0 Å². The first-order valence-electron chi connectivity index (χ1n) is 12.6. The third kappa shape index (κ3) is 7.66. The van der Waals surface area contributed by atoms with Gasteiger partial charge in [-0.05, 0) is 24.6 Å². The van der Waals surface area contributed by atoms with Gasteiger partial charge in [-0.3, -0.25) is 23.7 Å². The molecule has 0 saturated carbocycles. The van der Waals surface area contributed by atoms with Crippen molar-refractivity contribution in [3.63, 3.8) is 0 Å². The fraction of sp³-hybridized carbons (Fsp3) is 0.296. The number of carbonyl (C=O) groups is 1. The van der Waals surface area contributed by atoms with Crippen LogP contribution < -0.4 is 20.9 Å². The van der Waals surface area contributed by atoms with Crippen molar-refractivity contribution in [3.8, 4) is 5.75 Å². The number of aromatic amines is 1. The van der Waals surface area contributed by atoms with E-state index >= 15 is 0 Å². The Labute approximate surface area is 233 Å². The lowest BCUT2D eigenvalue weighted by atomic mass is 10.1. The van der Waals surface area contributed by atoms with E-state index in [-0.39, 0.29) is 18.8 Å². The third-order valence-electron chi connectivity index (χ3n) is 6.09. The standard InChI is InChI=1S/C27H29FN3O9P/c1-3-22(24-21(32)14-23(38-24)31-15-20(28)25(33)29-27(31)35)40-41(36,39-19-12-8-5-9-13-19)30-17(2)26(34)37-16-18-10-6-4-7-11-18/h3-13,15,17,21-24,32H,1,14,16H2,2H3,(H,30,36)(H,29,33,35)/t17-,21-,22+,23+,24-,41+/m0/s1. The second-order valence-electron chi connectivity index (χ2n) is 9.15. The van der Waals surface area contributed by atoms with E-state index in [2.05, 4.69) is 11.7 Å². The predicted molar refractivity (Wildman–Crippen MR) is 144 cm³/mol. The number of rotatable bonds is 12. The molecule has 14 heteroatoms. The maximum atomic E-state index is 14.0. The van der Waals surface area contributed by atoms with Crippen LogP contribution in [0.15, 0.2) is 89.1 Å². The number of aliphatic hydroxyl groups excluding tert-OH is 1. The van der Waals surface area contributed by atoms with Crippen LogP contribution in [0.3, 0.4) is 0 Å². The molecular weight excluding hydrogens is 560 g/mol. The minimum atomic E-state index is -4.40. The molecule has 3 N–H and O–H groups in total. The van der Waals surface area contributed by atoms with Gasteiger partial charge in [0.2, 0.25) is 5.82 Å². The Morgan fingerprint density at radius 1 is 1.24 bits per heavy atom. The maximum Gasteiger partial charge on any atom is 0.460 e. The molecule has 218 valence electrons. The van der Waals surface area contributed by atoms with Crippen molar-refractivity contribution in [1.29, 1.82) is 0 Å². The lowest BCUT2D eigenvalue weighted by Gasteiger charge is -2.29. The van der Waals surface area contributed by atoms with Gasteiger partial charge in [0.1, 0.15) is 36.8 Å². The summed E-state index contributed by atoms with van der Waals surface area (Å²) < 4.78 is 51.1. The summed E-state index contributed by atoms with van der Waals surface area (Å²) in [6, 6.07) is 15.8. The summed E-state index contributed by atoms with van der Waals surface area (Å²) in [7, 11) is -4.40. The summed E-state index contributed by atoms with van der Waals surface area (Å²) in [4.78, 5) is 38.1. The second kappa shape index (κ2) is 13.2. The highest BCUT2D eigenvalue weighted by Crippen LogP contribution is 2.48. The minimum absolute atomic E-state index is 0.0140. The molecule has 1 saturated heterocycles. The molecule has 0 aliphatic carbocycles. The highest BCUT2D eigenvalue weighted by molar-refractivity contribution is 7.52. The fourth-order valence-electron chi connectivity index (χ4n) is 4.06. The van der Waals surface area contributed by atoms with E-state index in [9.17, 15) is 28.4 Å². The molecule has 12 nitrogen and oxygen atoms in total. The molecule has 6 atom stereocenters. The van der Waals surface area contributed by atoms with Crippen molar-refractivity contribution in [2.45, 2.75) is 50.5 Å². The molecule has 1 aliphatic heterocycles. The maximum absolute atomic E-state index is 14.0. The van der Waals surface area contributed by atoms with Crippen LogP contribution in [0.2, 0.25) is 0 Å². The number of aromatic nitrogens is 2. The zero-order chi connectivity index (χ0) is 29.6. The van der Waals surface area contributed by atoms with Crippen molar-refractivity contribution < 1.29 is 37.4 Å². The number of carbonyl (C=O) groups excluding carboxylic acids is 1. The molecule has 1 aromatic heterocycles. The molecule has 0 radical (unpaired) electrons. The van der Waals surface area contributed by atoms with Crippen LogP contribution in [0.5, 0.6) is 5.75 Å². The molecule has 3 aromatic rings. The Morgan fingerprint density at radius 2 is 1.90 bits per heavy atom. The largest absolute Gasteiger partial charge is 0.460 e. The zero-order valence-electron chi connectivity index (χ0n) is 21.9. The summed E-state index contributed by atoms with van der Waals surface area (Å²) in [5.41, 5.74) is -1.40. The molecule has 1 aliphatic rings. The zero-order valence-corrected chi connectivity index (χ0v) is 22.8. The van der Waals surface area contributed by atoms with Gasteiger partial charge in [0.05, 0.1) is 12.3 Å². The Balaban J connectivity index is 1.51. The Kier molecular flexibility index (Phi) is 9.69. The molecule has 0 unspecified atom stereocenters. The van der Waals surface area contributed by atoms with E-state index in [1.807, 2.05) is 11.1 Å². The molecule has 0 amide bonds.